The van der Waals surface area contributed by atoms with Gasteiger partial charge in [0.05, 0.1) is 17.4 Å². The predicted molar refractivity (Wildman–Crippen MR) is 94.0 cm³/mol. The SMILES string of the molecule is C[C@@H](c1cc(-c2ccccc2)n[nH]1)N(C)C(=O)c1ccc(=O)n(C)n1. The summed E-state index contributed by atoms with van der Waals surface area (Å²) in [4.78, 5) is 25.6. The van der Waals surface area contributed by atoms with E-state index >= 15 is 0 Å². The second kappa shape index (κ2) is 6.72. The summed E-state index contributed by atoms with van der Waals surface area (Å²) in [6, 6.07) is 14.3. The highest BCUT2D eigenvalue weighted by molar-refractivity contribution is 5.92. The molecule has 0 aliphatic heterocycles. The Kier molecular flexibility index (Phi) is 4.47. The van der Waals surface area contributed by atoms with Gasteiger partial charge in [-0.05, 0) is 19.1 Å². The van der Waals surface area contributed by atoms with Crippen LogP contribution in [0.15, 0.2) is 53.3 Å². The fraction of sp³-hybridized carbons (Fsp3) is 0.222. The zero-order valence-corrected chi connectivity index (χ0v) is 14.3. The number of carbonyl (C=O) groups excluding carboxylic acids is 1. The Morgan fingerprint density at radius 2 is 1.92 bits per heavy atom. The van der Waals surface area contributed by atoms with E-state index in [1.54, 1.807) is 11.9 Å². The Hall–Kier alpha value is -3.22. The molecule has 7 nitrogen and oxygen atoms in total. The van der Waals surface area contributed by atoms with Crippen LogP contribution in [0.5, 0.6) is 0 Å². The van der Waals surface area contributed by atoms with E-state index in [2.05, 4.69) is 15.3 Å². The molecule has 2 heterocycles. The van der Waals surface area contributed by atoms with Gasteiger partial charge in [-0.2, -0.15) is 10.2 Å². The molecule has 0 spiro atoms. The summed E-state index contributed by atoms with van der Waals surface area (Å²) in [5.41, 5.74) is 2.61. The highest BCUT2D eigenvalue weighted by Crippen LogP contribution is 2.23. The molecule has 0 saturated heterocycles. The second-order valence-electron chi connectivity index (χ2n) is 5.85. The van der Waals surface area contributed by atoms with Gasteiger partial charge in [-0.25, -0.2) is 4.68 Å². The molecule has 0 radical (unpaired) electrons. The highest BCUT2D eigenvalue weighted by Gasteiger charge is 2.22. The quantitative estimate of drug-likeness (QED) is 0.789. The van der Waals surface area contributed by atoms with Crippen molar-refractivity contribution in [1.29, 1.82) is 0 Å². The van der Waals surface area contributed by atoms with E-state index in [4.69, 9.17) is 0 Å². The van der Waals surface area contributed by atoms with Crippen LogP contribution in [-0.4, -0.2) is 37.8 Å². The van der Waals surface area contributed by atoms with E-state index < -0.39 is 0 Å². The van der Waals surface area contributed by atoms with Gasteiger partial charge in [0.25, 0.3) is 11.5 Å². The summed E-state index contributed by atoms with van der Waals surface area (Å²) in [5, 5.41) is 11.3. The van der Waals surface area contributed by atoms with Crippen molar-refractivity contribution in [2.75, 3.05) is 7.05 Å². The number of amides is 1. The van der Waals surface area contributed by atoms with Crippen LogP contribution in [0.25, 0.3) is 11.3 Å². The maximum Gasteiger partial charge on any atom is 0.274 e. The lowest BCUT2D eigenvalue weighted by molar-refractivity contribution is 0.0731. The summed E-state index contributed by atoms with van der Waals surface area (Å²) in [5.74, 6) is -0.265. The summed E-state index contributed by atoms with van der Waals surface area (Å²) >= 11 is 0. The van der Waals surface area contributed by atoms with Gasteiger partial charge in [0.2, 0.25) is 0 Å². The van der Waals surface area contributed by atoms with E-state index in [0.717, 1.165) is 21.6 Å². The first-order chi connectivity index (χ1) is 12.0. The first-order valence-electron chi connectivity index (χ1n) is 7.89. The third kappa shape index (κ3) is 3.35. The minimum Gasteiger partial charge on any atom is -0.332 e. The summed E-state index contributed by atoms with van der Waals surface area (Å²) in [7, 11) is 3.21. The molecule has 0 aliphatic carbocycles. The van der Waals surface area contributed by atoms with Crippen LogP contribution in [0.2, 0.25) is 0 Å². The number of rotatable bonds is 4. The Balaban J connectivity index is 1.81. The molecule has 7 heteroatoms. The van der Waals surface area contributed by atoms with Gasteiger partial charge >= 0.3 is 0 Å². The van der Waals surface area contributed by atoms with Gasteiger partial charge < -0.3 is 4.90 Å². The Labute approximate surface area is 144 Å². The number of hydrogen-bond donors (Lipinski definition) is 1. The van der Waals surface area contributed by atoms with Gasteiger partial charge in [0.1, 0.15) is 5.69 Å². The largest absolute Gasteiger partial charge is 0.332 e. The van der Waals surface area contributed by atoms with Gasteiger partial charge in [-0.3, -0.25) is 14.7 Å². The first-order valence-corrected chi connectivity index (χ1v) is 7.89. The van der Waals surface area contributed by atoms with Crippen molar-refractivity contribution in [2.45, 2.75) is 13.0 Å². The van der Waals surface area contributed by atoms with E-state index in [9.17, 15) is 9.59 Å². The van der Waals surface area contributed by atoms with Crippen molar-refractivity contribution in [2.24, 2.45) is 7.05 Å². The normalized spacial score (nSPS) is 12.0. The van der Waals surface area contributed by atoms with Crippen LogP contribution < -0.4 is 5.56 Å². The van der Waals surface area contributed by atoms with Gasteiger partial charge in [0, 0.05) is 25.7 Å². The van der Waals surface area contributed by atoms with Crippen molar-refractivity contribution < 1.29 is 4.79 Å². The number of aromatic amines is 1. The average Bonchev–Trinajstić information content (AvgIpc) is 3.13. The van der Waals surface area contributed by atoms with Gasteiger partial charge in [-0.15, -0.1) is 0 Å². The number of nitrogens with zero attached hydrogens (tertiary/aromatic N) is 4. The van der Waals surface area contributed by atoms with Crippen LogP contribution in [0.3, 0.4) is 0 Å². The molecule has 0 saturated carbocycles. The number of benzene rings is 1. The fourth-order valence-corrected chi connectivity index (χ4v) is 2.49. The standard InChI is InChI=1S/C18H19N5O2/c1-12(15-11-16(20-19-15)13-7-5-4-6-8-13)22(2)18(25)14-9-10-17(24)23(3)21-14/h4-12H,1-3H3,(H,19,20)/t12-/m0/s1. The van der Waals surface area contributed by atoms with Crippen LogP contribution >= 0.6 is 0 Å². The van der Waals surface area contributed by atoms with Gasteiger partial charge in [0.15, 0.2) is 0 Å². The lowest BCUT2D eigenvalue weighted by Gasteiger charge is -2.23. The maximum atomic E-state index is 12.6. The lowest BCUT2D eigenvalue weighted by Crippen LogP contribution is -2.32. The summed E-state index contributed by atoms with van der Waals surface area (Å²) in [6.07, 6.45) is 0. The molecule has 0 fully saturated rings. The van der Waals surface area contributed by atoms with Crippen molar-refractivity contribution in [1.82, 2.24) is 24.9 Å². The van der Waals surface area contributed by atoms with Crippen LogP contribution in [0, 0.1) is 0 Å². The van der Waals surface area contributed by atoms with Crippen LogP contribution in [-0.2, 0) is 7.05 Å². The lowest BCUT2D eigenvalue weighted by atomic mass is 10.1. The first kappa shape index (κ1) is 16.6. The van der Waals surface area contributed by atoms with E-state index in [1.807, 2.05) is 43.3 Å². The topological polar surface area (TPSA) is 83.9 Å². The molecule has 2 aromatic heterocycles. The molecule has 3 aromatic rings. The minimum absolute atomic E-state index is 0.222. The number of aromatic nitrogens is 4. The van der Waals surface area contributed by atoms with Crippen LogP contribution in [0.4, 0.5) is 0 Å². The second-order valence-corrected chi connectivity index (χ2v) is 5.85. The number of aryl methyl sites for hydroxylation is 1. The summed E-state index contributed by atoms with van der Waals surface area (Å²) in [6.45, 7) is 1.90. The number of carbonyl (C=O) groups is 1. The smallest absolute Gasteiger partial charge is 0.274 e. The molecule has 1 atom stereocenters. The highest BCUT2D eigenvalue weighted by atomic mass is 16.2. The third-order valence-corrected chi connectivity index (χ3v) is 4.20. The monoisotopic (exact) mass is 337 g/mol. The average molecular weight is 337 g/mol. The maximum absolute atomic E-state index is 12.6. The predicted octanol–water partition coefficient (Wildman–Crippen LogP) is 2.00. The zero-order valence-electron chi connectivity index (χ0n) is 14.3. The van der Waals surface area contributed by atoms with Crippen LogP contribution in [0.1, 0.15) is 29.1 Å². The van der Waals surface area contributed by atoms with Crippen molar-refractivity contribution >= 4 is 5.91 Å². The van der Waals surface area contributed by atoms with E-state index in [0.29, 0.717) is 0 Å². The molecule has 1 aromatic carbocycles. The number of nitrogens with one attached hydrogen (secondary N) is 1. The van der Waals surface area contributed by atoms with Crippen molar-refractivity contribution in [3.8, 4) is 11.3 Å². The molecule has 25 heavy (non-hydrogen) atoms. The molecule has 0 unspecified atom stereocenters. The number of hydrogen-bond acceptors (Lipinski definition) is 4. The molecule has 128 valence electrons. The third-order valence-electron chi connectivity index (χ3n) is 4.20. The molecule has 1 N–H and O–H groups in total. The van der Waals surface area contributed by atoms with E-state index in [1.165, 1.54) is 19.2 Å². The molecule has 0 aliphatic rings. The Morgan fingerprint density at radius 3 is 2.60 bits per heavy atom. The van der Waals surface area contributed by atoms with Crippen molar-refractivity contribution in [3.05, 3.63) is 70.3 Å². The minimum atomic E-state index is -0.265. The van der Waals surface area contributed by atoms with Crippen molar-refractivity contribution in [3.63, 3.8) is 0 Å². The molecule has 0 bridgehead atoms. The molecule has 3 rings (SSSR count). The molecular formula is C18H19N5O2. The number of H-pyrrole nitrogens is 1. The summed E-state index contributed by atoms with van der Waals surface area (Å²) < 4.78 is 1.15. The van der Waals surface area contributed by atoms with E-state index in [-0.39, 0.29) is 23.2 Å². The zero-order chi connectivity index (χ0) is 18.0. The fourth-order valence-electron chi connectivity index (χ4n) is 2.49. The Bertz CT molecular complexity index is 945. The Morgan fingerprint density at radius 1 is 1.20 bits per heavy atom. The van der Waals surface area contributed by atoms with Gasteiger partial charge in [-0.1, -0.05) is 30.3 Å². The molecular weight excluding hydrogens is 318 g/mol. The molecule has 1 amide bonds.